The van der Waals surface area contributed by atoms with Crippen LogP contribution < -0.4 is 5.32 Å². The molecule has 3 aromatic rings. The van der Waals surface area contributed by atoms with Gasteiger partial charge in [0.05, 0.1) is 12.1 Å². The molecule has 2 N–H and O–H groups in total. The highest BCUT2D eigenvalue weighted by molar-refractivity contribution is 7.71. The molecule has 142 valence electrons. The van der Waals surface area contributed by atoms with E-state index >= 15 is 0 Å². The molecule has 2 heterocycles. The molecule has 0 unspecified atom stereocenters. The second-order valence-corrected chi connectivity index (χ2v) is 6.73. The lowest BCUT2D eigenvalue weighted by Gasteiger charge is -2.07. The van der Waals surface area contributed by atoms with Gasteiger partial charge in [0, 0.05) is 17.5 Å². The van der Waals surface area contributed by atoms with Gasteiger partial charge >= 0.3 is 6.18 Å². The normalized spacial score (nSPS) is 11.6. The van der Waals surface area contributed by atoms with Crippen LogP contribution in [-0.4, -0.2) is 25.7 Å². The molecule has 0 bridgehead atoms. The van der Waals surface area contributed by atoms with Crippen LogP contribution in [0.4, 0.5) is 13.2 Å². The van der Waals surface area contributed by atoms with Gasteiger partial charge in [0.25, 0.3) is 5.91 Å². The van der Waals surface area contributed by atoms with Crippen LogP contribution in [0.25, 0.3) is 10.6 Å². The van der Waals surface area contributed by atoms with Crippen molar-refractivity contribution < 1.29 is 18.0 Å². The fourth-order valence-corrected chi connectivity index (χ4v) is 3.48. The van der Waals surface area contributed by atoms with Gasteiger partial charge in [0.1, 0.15) is 10.7 Å². The van der Waals surface area contributed by atoms with Gasteiger partial charge in [-0.15, -0.1) is 11.3 Å². The van der Waals surface area contributed by atoms with Crippen LogP contribution in [0.1, 0.15) is 28.8 Å². The predicted molar refractivity (Wildman–Crippen MR) is 96.8 cm³/mol. The van der Waals surface area contributed by atoms with Crippen LogP contribution in [0, 0.1) is 4.77 Å². The van der Waals surface area contributed by atoms with Crippen molar-refractivity contribution in [2.45, 2.75) is 26.2 Å². The SMILES string of the molecule is CCn1c(CNC(=O)c2csc(-c3cccc(C(F)(F)F)c3)n2)n[nH]c1=S. The number of amides is 1. The summed E-state index contributed by atoms with van der Waals surface area (Å²) in [7, 11) is 0. The number of benzene rings is 1. The van der Waals surface area contributed by atoms with Crippen LogP contribution in [0.15, 0.2) is 29.6 Å². The number of nitrogens with one attached hydrogen (secondary N) is 2. The zero-order valence-electron chi connectivity index (χ0n) is 14.0. The van der Waals surface area contributed by atoms with E-state index in [1.54, 1.807) is 4.57 Å². The summed E-state index contributed by atoms with van der Waals surface area (Å²) < 4.78 is 40.7. The number of thiazole rings is 1. The van der Waals surface area contributed by atoms with Crippen LogP contribution in [0.3, 0.4) is 0 Å². The third-order valence-corrected chi connectivity index (χ3v) is 4.94. The minimum Gasteiger partial charge on any atom is -0.343 e. The molecule has 1 aromatic carbocycles. The molecule has 11 heteroatoms. The number of hydrogen-bond donors (Lipinski definition) is 2. The number of aromatic nitrogens is 4. The molecule has 2 aromatic heterocycles. The van der Waals surface area contributed by atoms with E-state index in [2.05, 4.69) is 20.5 Å². The van der Waals surface area contributed by atoms with Gasteiger partial charge < -0.3 is 9.88 Å². The standard InChI is InChI=1S/C16H14F3N5OS2/c1-2-24-12(22-23-15(24)26)7-20-13(25)11-8-27-14(21-11)9-4-3-5-10(6-9)16(17,18)19/h3-6,8H,2,7H2,1H3,(H,20,25)(H,23,26). The third kappa shape index (κ3) is 4.25. The number of H-pyrrole nitrogens is 1. The summed E-state index contributed by atoms with van der Waals surface area (Å²) in [6.45, 7) is 2.66. The van der Waals surface area contributed by atoms with Crippen molar-refractivity contribution >= 4 is 29.5 Å². The van der Waals surface area contributed by atoms with Gasteiger partial charge in [-0.3, -0.25) is 9.89 Å². The molecule has 0 saturated heterocycles. The molecule has 0 aliphatic heterocycles. The Morgan fingerprint density at radius 2 is 2.19 bits per heavy atom. The molecule has 0 radical (unpaired) electrons. The van der Waals surface area contributed by atoms with Crippen molar-refractivity contribution in [2.75, 3.05) is 0 Å². The summed E-state index contributed by atoms with van der Waals surface area (Å²) in [6.07, 6.45) is -4.44. The summed E-state index contributed by atoms with van der Waals surface area (Å²) >= 11 is 6.18. The van der Waals surface area contributed by atoms with Crippen molar-refractivity contribution in [1.82, 2.24) is 25.1 Å². The first-order valence-electron chi connectivity index (χ1n) is 7.85. The average Bonchev–Trinajstić information content (AvgIpc) is 3.26. The smallest absolute Gasteiger partial charge is 0.343 e. The van der Waals surface area contributed by atoms with E-state index in [1.807, 2.05) is 6.92 Å². The lowest BCUT2D eigenvalue weighted by molar-refractivity contribution is -0.137. The molecule has 3 rings (SSSR count). The fraction of sp³-hybridized carbons (Fsp3) is 0.250. The van der Waals surface area contributed by atoms with E-state index in [0.717, 1.165) is 23.5 Å². The number of aromatic amines is 1. The number of halogens is 3. The van der Waals surface area contributed by atoms with Crippen molar-refractivity contribution in [3.63, 3.8) is 0 Å². The Labute approximate surface area is 161 Å². The highest BCUT2D eigenvalue weighted by Crippen LogP contribution is 2.33. The largest absolute Gasteiger partial charge is 0.416 e. The Balaban J connectivity index is 1.74. The first kappa shape index (κ1) is 19.2. The number of carbonyl (C=O) groups excluding carboxylic acids is 1. The van der Waals surface area contributed by atoms with Crippen LogP contribution in [0.2, 0.25) is 0 Å². The Bertz CT molecular complexity index is 1020. The number of hydrogen-bond acceptors (Lipinski definition) is 5. The van der Waals surface area contributed by atoms with Gasteiger partial charge in [-0.05, 0) is 31.3 Å². The molecule has 0 atom stereocenters. The lowest BCUT2D eigenvalue weighted by atomic mass is 10.1. The maximum atomic E-state index is 12.8. The van der Waals surface area contributed by atoms with E-state index in [-0.39, 0.29) is 12.2 Å². The molecule has 0 fully saturated rings. The summed E-state index contributed by atoms with van der Waals surface area (Å²) in [6, 6.07) is 4.84. The quantitative estimate of drug-likeness (QED) is 0.619. The predicted octanol–water partition coefficient (Wildman–Crippen LogP) is 4.03. The third-order valence-electron chi connectivity index (χ3n) is 3.73. The van der Waals surface area contributed by atoms with Gasteiger partial charge in [-0.1, -0.05) is 12.1 Å². The van der Waals surface area contributed by atoms with Gasteiger partial charge in [-0.2, -0.15) is 18.3 Å². The van der Waals surface area contributed by atoms with Gasteiger partial charge in [-0.25, -0.2) is 4.98 Å². The zero-order valence-corrected chi connectivity index (χ0v) is 15.6. The Morgan fingerprint density at radius 1 is 1.41 bits per heavy atom. The van der Waals surface area contributed by atoms with Gasteiger partial charge in [0.15, 0.2) is 10.6 Å². The minimum atomic E-state index is -4.44. The summed E-state index contributed by atoms with van der Waals surface area (Å²) in [5.74, 6) is 0.130. The van der Waals surface area contributed by atoms with Crippen LogP contribution >= 0.6 is 23.6 Å². The van der Waals surface area contributed by atoms with Gasteiger partial charge in [0.2, 0.25) is 0 Å². The molecule has 27 heavy (non-hydrogen) atoms. The van der Waals surface area contributed by atoms with Crippen LogP contribution in [0.5, 0.6) is 0 Å². The highest BCUT2D eigenvalue weighted by atomic mass is 32.1. The Hall–Kier alpha value is -2.53. The molecule has 1 amide bonds. The number of nitrogens with zero attached hydrogens (tertiary/aromatic N) is 3. The van der Waals surface area contributed by atoms with E-state index in [9.17, 15) is 18.0 Å². The molecular formula is C16H14F3N5OS2. The summed E-state index contributed by atoms with van der Waals surface area (Å²) in [5.41, 5.74) is -0.325. The summed E-state index contributed by atoms with van der Waals surface area (Å²) in [4.78, 5) is 16.4. The first-order valence-corrected chi connectivity index (χ1v) is 9.14. The molecule has 0 aliphatic carbocycles. The van der Waals surface area contributed by atoms with E-state index < -0.39 is 17.6 Å². The van der Waals surface area contributed by atoms with Crippen molar-refractivity contribution in [3.05, 3.63) is 51.5 Å². The first-order chi connectivity index (χ1) is 12.8. The van der Waals surface area contributed by atoms with Crippen molar-refractivity contribution in [1.29, 1.82) is 0 Å². The molecule has 0 spiro atoms. The topological polar surface area (TPSA) is 75.6 Å². The second kappa shape index (κ2) is 7.61. The number of rotatable bonds is 5. The molecule has 0 aliphatic rings. The second-order valence-electron chi connectivity index (χ2n) is 5.49. The maximum absolute atomic E-state index is 12.8. The van der Waals surface area contributed by atoms with Crippen molar-refractivity contribution in [2.24, 2.45) is 0 Å². The molecule has 0 saturated carbocycles. The van der Waals surface area contributed by atoms with Crippen LogP contribution in [-0.2, 0) is 19.3 Å². The minimum absolute atomic E-state index is 0.129. The molecular weight excluding hydrogens is 399 g/mol. The van der Waals surface area contributed by atoms with E-state index in [1.165, 1.54) is 17.5 Å². The number of carbonyl (C=O) groups is 1. The number of alkyl halides is 3. The van der Waals surface area contributed by atoms with E-state index in [4.69, 9.17) is 12.2 Å². The Kier molecular flexibility index (Phi) is 5.42. The monoisotopic (exact) mass is 413 g/mol. The lowest BCUT2D eigenvalue weighted by Crippen LogP contribution is -2.25. The fourth-order valence-electron chi connectivity index (χ4n) is 2.40. The summed E-state index contributed by atoms with van der Waals surface area (Å²) in [5, 5.41) is 11.2. The van der Waals surface area contributed by atoms with E-state index in [0.29, 0.717) is 27.7 Å². The Morgan fingerprint density at radius 3 is 2.89 bits per heavy atom. The molecule has 6 nitrogen and oxygen atoms in total. The maximum Gasteiger partial charge on any atom is 0.416 e. The average molecular weight is 413 g/mol. The zero-order chi connectivity index (χ0) is 19.6. The highest BCUT2D eigenvalue weighted by Gasteiger charge is 2.30. The van der Waals surface area contributed by atoms with Crippen molar-refractivity contribution in [3.8, 4) is 10.6 Å².